The molecule has 1 atom stereocenters. The Morgan fingerprint density at radius 3 is 2.95 bits per heavy atom. The monoisotopic (exact) mass is 258 g/mol. The van der Waals surface area contributed by atoms with Gasteiger partial charge in [-0.1, -0.05) is 13.0 Å². The van der Waals surface area contributed by atoms with Crippen molar-refractivity contribution in [1.29, 1.82) is 0 Å². The van der Waals surface area contributed by atoms with Crippen LogP contribution in [0.1, 0.15) is 24.7 Å². The van der Waals surface area contributed by atoms with Crippen LogP contribution in [-0.4, -0.2) is 33.9 Å². The predicted molar refractivity (Wildman–Crippen MR) is 77.0 cm³/mol. The fraction of sp³-hybridized carbons (Fsp3) is 0.533. The zero-order chi connectivity index (χ0) is 13.5. The van der Waals surface area contributed by atoms with Gasteiger partial charge in [0.1, 0.15) is 5.65 Å². The number of nitrogens with two attached hydrogens (primary N) is 1. The predicted octanol–water partition coefficient (Wildman–Crippen LogP) is 1.81. The number of likely N-dealkylation sites (tertiary alicyclic amines) is 1. The van der Waals surface area contributed by atoms with Crippen LogP contribution in [0.3, 0.4) is 0 Å². The molecule has 4 nitrogen and oxygen atoms in total. The molecule has 1 saturated heterocycles. The maximum Gasteiger partial charge on any atom is 0.137 e. The van der Waals surface area contributed by atoms with Crippen LogP contribution in [0.25, 0.3) is 5.65 Å². The Hall–Kier alpha value is -1.39. The van der Waals surface area contributed by atoms with Crippen molar-refractivity contribution < 1.29 is 0 Å². The lowest BCUT2D eigenvalue weighted by atomic mass is 9.90. The summed E-state index contributed by atoms with van der Waals surface area (Å²) in [5.74, 6) is 0. The molecule has 1 aliphatic rings. The Bertz CT molecular complexity index is 589. The summed E-state index contributed by atoms with van der Waals surface area (Å²) in [7, 11) is 0. The van der Waals surface area contributed by atoms with Gasteiger partial charge in [-0.25, -0.2) is 4.98 Å². The second kappa shape index (κ2) is 4.62. The maximum absolute atomic E-state index is 5.86. The van der Waals surface area contributed by atoms with E-state index in [4.69, 9.17) is 10.7 Å². The van der Waals surface area contributed by atoms with E-state index >= 15 is 0 Å². The van der Waals surface area contributed by atoms with Crippen LogP contribution in [0.5, 0.6) is 0 Å². The number of aryl methyl sites for hydroxylation is 1. The molecule has 2 aromatic heterocycles. The first kappa shape index (κ1) is 12.6. The third kappa shape index (κ3) is 2.38. The minimum atomic E-state index is 0.287. The van der Waals surface area contributed by atoms with E-state index in [0.717, 1.165) is 37.5 Å². The highest BCUT2D eigenvalue weighted by Crippen LogP contribution is 2.29. The van der Waals surface area contributed by atoms with E-state index in [1.54, 1.807) is 0 Å². The van der Waals surface area contributed by atoms with E-state index in [9.17, 15) is 0 Å². The zero-order valence-corrected chi connectivity index (χ0v) is 11.8. The van der Waals surface area contributed by atoms with Gasteiger partial charge in [-0.2, -0.15) is 0 Å². The molecular weight excluding hydrogens is 236 g/mol. The third-order valence-electron chi connectivity index (χ3n) is 4.26. The lowest BCUT2D eigenvalue weighted by Crippen LogP contribution is -2.31. The molecule has 19 heavy (non-hydrogen) atoms. The summed E-state index contributed by atoms with van der Waals surface area (Å²) >= 11 is 0. The molecule has 0 aliphatic carbocycles. The average molecular weight is 258 g/mol. The zero-order valence-electron chi connectivity index (χ0n) is 11.8. The first-order valence-corrected chi connectivity index (χ1v) is 6.96. The van der Waals surface area contributed by atoms with Gasteiger partial charge < -0.3 is 10.1 Å². The van der Waals surface area contributed by atoms with Crippen molar-refractivity contribution >= 4 is 5.65 Å². The van der Waals surface area contributed by atoms with Gasteiger partial charge in [0.05, 0.1) is 5.69 Å². The summed E-state index contributed by atoms with van der Waals surface area (Å²) in [6, 6.07) is 6.23. The largest absolute Gasteiger partial charge is 0.330 e. The summed E-state index contributed by atoms with van der Waals surface area (Å²) in [6.45, 7) is 8.29. The summed E-state index contributed by atoms with van der Waals surface area (Å²) < 4.78 is 2.16. The van der Waals surface area contributed by atoms with Crippen LogP contribution in [0, 0.1) is 12.3 Å². The molecule has 2 aromatic rings. The second-order valence-corrected chi connectivity index (χ2v) is 6.10. The smallest absolute Gasteiger partial charge is 0.137 e. The van der Waals surface area contributed by atoms with Crippen molar-refractivity contribution in [2.24, 2.45) is 11.1 Å². The number of hydrogen-bond acceptors (Lipinski definition) is 3. The molecule has 3 heterocycles. The number of imidazole rings is 1. The minimum Gasteiger partial charge on any atom is -0.330 e. The van der Waals surface area contributed by atoms with Crippen LogP contribution >= 0.6 is 0 Å². The SMILES string of the molecule is Cc1cccc2nc(CN3CCC(C)(CN)C3)cn12. The van der Waals surface area contributed by atoms with Crippen molar-refractivity contribution in [2.45, 2.75) is 26.8 Å². The second-order valence-electron chi connectivity index (χ2n) is 6.10. The number of pyridine rings is 1. The van der Waals surface area contributed by atoms with Crippen LogP contribution in [0.4, 0.5) is 0 Å². The number of nitrogens with zero attached hydrogens (tertiary/aromatic N) is 3. The summed E-state index contributed by atoms with van der Waals surface area (Å²) in [5.41, 5.74) is 9.56. The molecule has 1 fully saturated rings. The van der Waals surface area contributed by atoms with Gasteiger partial charge >= 0.3 is 0 Å². The van der Waals surface area contributed by atoms with E-state index in [0.29, 0.717) is 0 Å². The first-order valence-electron chi connectivity index (χ1n) is 6.96. The van der Waals surface area contributed by atoms with E-state index < -0.39 is 0 Å². The average Bonchev–Trinajstić information content (AvgIpc) is 2.95. The highest BCUT2D eigenvalue weighted by Gasteiger charge is 2.32. The quantitative estimate of drug-likeness (QED) is 0.913. The Balaban J connectivity index is 1.78. The minimum absolute atomic E-state index is 0.287. The van der Waals surface area contributed by atoms with Gasteiger partial charge in [0.2, 0.25) is 0 Å². The Labute approximate surface area is 114 Å². The van der Waals surface area contributed by atoms with Crippen molar-refractivity contribution in [3.05, 3.63) is 35.8 Å². The van der Waals surface area contributed by atoms with Crippen LogP contribution < -0.4 is 5.73 Å². The molecule has 4 heteroatoms. The van der Waals surface area contributed by atoms with Crippen molar-refractivity contribution in [3.8, 4) is 0 Å². The lowest BCUT2D eigenvalue weighted by molar-refractivity contribution is 0.272. The molecule has 0 aromatic carbocycles. The summed E-state index contributed by atoms with van der Waals surface area (Å²) in [4.78, 5) is 7.16. The van der Waals surface area contributed by atoms with Crippen molar-refractivity contribution in [1.82, 2.24) is 14.3 Å². The van der Waals surface area contributed by atoms with Gasteiger partial charge in [-0.05, 0) is 44.0 Å². The van der Waals surface area contributed by atoms with E-state index in [1.165, 1.54) is 12.1 Å². The molecule has 3 rings (SSSR count). The van der Waals surface area contributed by atoms with Gasteiger partial charge in [0.25, 0.3) is 0 Å². The van der Waals surface area contributed by atoms with Gasteiger partial charge in [-0.3, -0.25) is 4.90 Å². The van der Waals surface area contributed by atoms with Crippen LogP contribution in [0.15, 0.2) is 24.4 Å². The van der Waals surface area contributed by atoms with E-state index in [2.05, 4.69) is 47.5 Å². The van der Waals surface area contributed by atoms with Gasteiger partial charge in [0.15, 0.2) is 0 Å². The van der Waals surface area contributed by atoms with Gasteiger partial charge in [-0.15, -0.1) is 0 Å². The molecule has 1 unspecified atom stereocenters. The molecule has 2 N–H and O–H groups in total. The van der Waals surface area contributed by atoms with E-state index in [1.807, 2.05) is 0 Å². The molecule has 102 valence electrons. The first-order chi connectivity index (χ1) is 9.09. The molecule has 0 amide bonds. The molecule has 0 saturated carbocycles. The number of rotatable bonds is 3. The Morgan fingerprint density at radius 1 is 1.42 bits per heavy atom. The maximum atomic E-state index is 5.86. The number of hydrogen-bond donors (Lipinski definition) is 1. The summed E-state index contributed by atoms with van der Waals surface area (Å²) in [6.07, 6.45) is 3.35. The molecule has 1 aliphatic heterocycles. The molecular formula is C15H22N4. The summed E-state index contributed by atoms with van der Waals surface area (Å²) in [5, 5.41) is 0. The van der Waals surface area contributed by atoms with Crippen molar-refractivity contribution in [3.63, 3.8) is 0 Å². The van der Waals surface area contributed by atoms with Crippen molar-refractivity contribution in [2.75, 3.05) is 19.6 Å². The van der Waals surface area contributed by atoms with E-state index in [-0.39, 0.29) is 5.41 Å². The highest BCUT2D eigenvalue weighted by molar-refractivity contribution is 5.41. The molecule has 0 radical (unpaired) electrons. The Kier molecular flexibility index (Phi) is 3.07. The third-order valence-corrected chi connectivity index (χ3v) is 4.26. The normalized spacial score (nSPS) is 24.4. The molecule has 0 spiro atoms. The highest BCUT2D eigenvalue weighted by atomic mass is 15.2. The number of aromatic nitrogens is 2. The fourth-order valence-corrected chi connectivity index (χ4v) is 2.93. The lowest BCUT2D eigenvalue weighted by Gasteiger charge is -2.22. The topological polar surface area (TPSA) is 46.6 Å². The van der Waals surface area contributed by atoms with Gasteiger partial charge in [0, 0.05) is 25.0 Å². The van der Waals surface area contributed by atoms with Crippen LogP contribution in [0.2, 0.25) is 0 Å². The molecule has 0 bridgehead atoms. The standard InChI is InChI=1S/C15H22N4/c1-12-4-3-5-14-17-13(9-19(12)14)8-18-7-6-15(2,10-16)11-18/h3-5,9H,6-8,10-11,16H2,1-2H3. The number of fused-ring (bicyclic) bond motifs is 1. The fourth-order valence-electron chi connectivity index (χ4n) is 2.93. The Morgan fingerprint density at radius 2 is 2.26 bits per heavy atom. The van der Waals surface area contributed by atoms with Crippen LogP contribution in [-0.2, 0) is 6.54 Å².